The van der Waals surface area contributed by atoms with Crippen molar-refractivity contribution in [2.24, 2.45) is 0 Å². The fourth-order valence-electron chi connectivity index (χ4n) is 2.32. The van der Waals surface area contributed by atoms with Crippen molar-refractivity contribution in [2.45, 2.75) is 24.7 Å². The molecule has 1 fully saturated rings. The van der Waals surface area contributed by atoms with Crippen LogP contribution in [0.3, 0.4) is 0 Å². The molecule has 1 unspecified atom stereocenters. The third-order valence-electron chi connectivity index (χ3n) is 3.24. The van der Waals surface area contributed by atoms with Gasteiger partial charge in [-0.1, -0.05) is 6.92 Å². The van der Waals surface area contributed by atoms with Crippen LogP contribution in [-0.2, 0) is 4.74 Å². The Hall–Kier alpha value is -0.810. The summed E-state index contributed by atoms with van der Waals surface area (Å²) >= 11 is 1.90. The van der Waals surface area contributed by atoms with Crippen LogP contribution >= 0.6 is 11.8 Å². The van der Waals surface area contributed by atoms with E-state index in [1.165, 1.54) is 10.6 Å². The van der Waals surface area contributed by atoms with Gasteiger partial charge in [-0.3, -0.25) is 0 Å². The van der Waals surface area contributed by atoms with Crippen molar-refractivity contribution in [2.75, 3.05) is 37.0 Å². The molecule has 5 heteroatoms. The zero-order valence-corrected chi connectivity index (χ0v) is 11.1. The SMILES string of the molecule is Cc1nc2c(c(N3CCOCC3)n1)SCC2C. The second-order valence-corrected chi connectivity index (χ2v) is 5.65. The Labute approximate surface area is 106 Å². The molecule has 3 rings (SSSR count). The number of fused-ring (bicyclic) bond motifs is 1. The molecule has 2 aliphatic heterocycles. The van der Waals surface area contributed by atoms with Crippen LogP contribution in [0.1, 0.15) is 24.4 Å². The van der Waals surface area contributed by atoms with E-state index in [1.807, 2.05) is 18.7 Å². The van der Waals surface area contributed by atoms with Crippen molar-refractivity contribution >= 4 is 17.6 Å². The van der Waals surface area contributed by atoms with E-state index in [2.05, 4.69) is 21.8 Å². The van der Waals surface area contributed by atoms with E-state index in [9.17, 15) is 0 Å². The van der Waals surface area contributed by atoms with Crippen molar-refractivity contribution in [3.63, 3.8) is 0 Å². The third-order valence-corrected chi connectivity index (χ3v) is 4.59. The van der Waals surface area contributed by atoms with Crippen LogP contribution < -0.4 is 4.90 Å². The summed E-state index contributed by atoms with van der Waals surface area (Å²) in [6, 6.07) is 0. The van der Waals surface area contributed by atoms with Crippen LogP contribution in [0.5, 0.6) is 0 Å². The average Bonchev–Trinajstić information content (AvgIpc) is 2.72. The number of anilines is 1. The fourth-order valence-corrected chi connectivity index (χ4v) is 3.59. The van der Waals surface area contributed by atoms with Gasteiger partial charge in [-0.15, -0.1) is 11.8 Å². The molecule has 0 aromatic carbocycles. The van der Waals surface area contributed by atoms with E-state index in [4.69, 9.17) is 4.74 Å². The van der Waals surface area contributed by atoms with Crippen molar-refractivity contribution < 1.29 is 4.74 Å². The maximum absolute atomic E-state index is 5.40. The molecule has 0 aliphatic carbocycles. The molecule has 4 nitrogen and oxygen atoms in total. The first-order valence-corrected chi connectivity index (χ1v) is 7.08. The Morgan fingerprint density at radius 3 is 2.82 bits per heavy atom. The standard InChI is InChI=1S/C12H17N3OS/c1-8-7-17-11-10(8)13-9(2)14-12(11)15-3-5-16-6-4-15/h8H,3-7H2,1-2H3. The number of rotatable bonds is 1. The third kappa shape index (κ3) is 2.02. The van der Waals surface area contributed by atoms with Gasteiger partial charge in [0, 0.05) is 24.8 Å². The van der Waals surface area contributed by atoms with Crippen LogP contribution in [0, 0.1) is 6.92 Å². The summed E-state index contributed by atoms with van der Waals surface area (Å²) in [5.41, 5.74) is 1.24. The summed E-state index contributed by atoms with van der Waals surface area (Å²) in [5, 5.41) is 0. The molecule has 1 aromatic heterocycles. The van der Waals surface area contributed by atoms with Gasteiger partial charge in [0.1, 0.15) is 11.6 Å². The molecule has 1 aromatic rings. The largest absolute Gasteiger partial charge is 0.378 e. The van der Waals surface area contributed by atoms with Crippen LogP contribution in [0.15, 0.2) is 4.90 Å². The molecule has 2 aliphatic rings. The smallest absolute Gasteiger partial charge is 0.146 e. The van der Waals surface area contributed by atoms with Gasteiger partial charge in [0.05, 0.1) is 23.8 Å². The number of morpholine rings is 1. The summed E-state index contributed by atoms with van der Waals surface area (Å²) in [5.74, 6) is 3.70. The van der Waals surface area contributed by atoms with Crippen molar-refractivity contribution in [1.82, 2.24) is 9.97 Å². The first-order valence-electron chi connectivity index (χ1n) is 6.09. The molecule has 0 amide bonds. The second-order valence-electron chi connectivity index (χ2n) is 4.62. The molecule has 1 atom stereocenters. The molecule has 1 saturated heterocycles. The normalized spacial score (nSPS) is 23.9. The molecule has 17 heavy (non-hydrogen) atoms. The van der Waals surface area contributed by atoms with Gasteiger partial charge in [-0.05, 0) is 6.92 Å². The average molecular weight is 251 g/mol. The lowest BCUT2D eigenvalue weighted by Gasteiger charge is -2.29. The van der Waals surface area contributed by atoms with Gasteiger partial charge >= 0.3 is 0 Å². The minimum atomic E-state index is 0.552. The van der Waals surface area contributed by atoms with Crippen molar-refractivity contribution in [3.05, 3.63) is 11.5 Å². The Morgan fingerprint density at radius 2 is 2.06 bits per heavy atom. The predicted octanol–water partition coefficient (Wildman–Crippen LogP) is 1.83. The van der Waals surface area contributed by atoms with Crippen molar-refractivity contribution in [3.8, 4) is 0 Å². The quantitative estimate of drug-likeness (QED) is 0.761. The molecular formula is C12H17N3OS. The highest BCUT2D eigenvalue weighted by Gasteiger charge is 2.28. The summed E-state index contributed by atoms with van der Waals surface area (Å²) in [6.07, 6.45) is 0. The Bertz CT molecular complexity index is 432. The lowest BCUT2D eigenvalue weighted by molar-refractivity contribution is 0.122. The monoisotopic (exact) mass is 251 g/mol. The van der Waals surface area contributed by atoms with E-state index >= 15 is 0 Å². The first-order chi connectivity index (χ1) is 8.25. The minimum absolute atomic E-state index is 0.552. The molecule has 0 bridgehead atoms. The Morgan fingerprint density at radius 1 is 1.29 bits per heavy atom. The maximum Gasteiger partial charge on any atom is 0.146 e. The lowest BCUT2D eigenvalue weighted by atomic mass is 10.1. The predicted molar refractivity (Wildman–Crippen MR) is 68.9 cm³/mol. The highest BCUT2D eigenvalue weighted by Crippen LogP contribution is 2.43. The van der Waals surface area contributed by atoms with E-state index in [1.54, 1.807) is 0 Å². The Balaban J connectivity index is 2.01. The van der Waals surface area contributed by atoms with Gasteiger partial charge in [-0.25, -0.2) is 9.97 Å². The van der Waals surface area contributed by atoms with Crippen LogP contribution in [-0.4, -0.2) is 42.0 Å². The summed E-state index contributed by atoms with van der Waals surface area (Å²) in [7, 11) is 0. The second kappa shape index (κ2) is 4.46. The molecule has 3 heterocycles. The van der Waals surface area contributed by atoms with Gasteiger partial charge < -0.3 is 9.64 Å². The number of aromatic nitrogens is 2. The molecular weight excluding hydrogens is 234 g/mol. The van der Waals surface area contributed by atoms with E-state index in [-0.39, 0.29) is 0 Å². The summed E-state index contributed by atoms with van der Waals surface area (Å²) < 4.78 is 5.40. The van der Waals surface area contributed by atoms with Gasteiger partial charge in [-0.2, -0.15) is 0 Å². The van der Waals surface area contributed by atoms with E-state index in [0.29, 0.717) is 5.92 Å². The number of thioether (sulfide) groups is 1. The van der Waals surface area contributed by atoms with E-state index in [0.717, 1.165) is 43.7 Å². The van der Waals surface area contributed by atoms with Crippen molar-refractivity contribution in [1.29, 1.82) is 0 Å². The summed E-state index contributed by atoms with van der Waals surface area (Å²) in [4.78, 5) is 12.9. The lowest BCUT2D eigenvalue weighted by Crippen LogP contribution is -2.37. The molecule has 92 valence electrons. The van der Waals surface area contributed by atoms with Gasteiger partial charge in [0.2, 0.25) is 0 Å². The number of aryl methyl sites for hydroxylation is 1. The highest BCUT2D eigenvalue weighted by atomic mass is 32.2. The van der Waals surface area contributed by atoms with Crippen LogP contribution in [0.25, 0.3) is 0 Å². The van der Waals surface area contributed by atoms with Crippen LogP contribution in [0.4, 0.5) is 5.82 Å². The summed E-state index contributed by atoms with van der Waals surface area (Å²) in [6.45, 7) is 7.72. The van der Waals surface area contributed by atoms with Crippen LogP contribution in [0.2, 0.25) is 0 Å². The van der Waals surface area contributed by atoms with E-state index < -0.39 is 0 Å². The zero-order valence-electron chi connectivity index (χ0n) is 10.3. The fraction of sp³-hybridized carbons (Fsp3) is 0.667. The number of nitrogens with zero attached hydrogens (tertiary/aromatic N) is 3. The topological polar surface area (TPSA) is 38.2 Å². The Kier molecular flexibility index (Phi) is 2.96. The molecule has 0 radical (unpaired) electrons. The number of hydrogen-bond donors (Lipinski definition) is 0. The molecule has 0 spiro atoms. The molecule has 0 N–H and O–H groups in total. The molecule has 0 saturated carbocycles. The van der Waals surface area contributed by atoms with Gasteiger partial charge in [0.15, 0.2) is 0 Å². The maximum atomic E-state index is 5.40. The number of ether oxygens (including phenoxy) is 1. The minimum Gasteiger partial charge on any atom is -0.378 e. The van der Waals surface area contributed by atoms with Gasteiger partial charge in [0.25, 0.3) is 0 Å². The zero-order chi connectivity index (χ0) is 11.8. The highest BCUT2D eigenvalue weighted by molar-refractivity contribution is 7.99. The first kappa shape index (κ1) is 11.3. The number of hydrogen-bond acceptors (Lipinski definition) is 5.